The molecule has 1 fully saturated rings. The molecule has 0 N–H and O–H groups in total. The van der Waals surface area contributed by atoms with E-state index in [4.69, 9.17) is 0 Å². The molecule has 1 aliphatic heterocycles. The smallest absolute Gasteiger partial charge is 0.227 e. The highest BCUT2D eigenvalue weighted by atomic mass is 32.3. The van der Waals surface area contributed by atoms with E-state index < -0.39 is 50.8 Å². The molecule has 9 heteroatoms. The molecule has 1 aliphatic rings. The summed E-state index contributed by atoms with van der Waals surface area (Å²) in [7, 11) is -12.7. The summed E-state index contributed by atoms with van der Waals surface area (Å²) in [6.07, 6.45) is 0.635. The number of rotatable bonds is 2. The third kappa shape index (κ3) is 2.89. The molecule has 0 aliphatic carbocycles. The summed E-state index contributed by atoms with van der Waals surface area (Å²) < 4.78 is 69.0. The monoisotopic (exact) mass is 338 g/mol. The predicted molar refractivity (Wildman–Crippen MR) is 75.4 cm³/mol. The third-order valence-corrected chi connectivity index (χ3v) is 12.3. The van der Waals surface area contributed by atoms with E-state index in [1.54, 1.807) is 30.3 Å². The van der Waals surface area contributed by atoms with E-state index in [2.05, 4.69) is 0 Å². The quantitative estimate of drug-likeness (QED) is 0.748. The van der Waals surface area contributed by atoms with Gasteiger partial charge < -0.3 is 0 Å². The minimum atomic E-state index is -4.26. The first-order valence-electron chi connectivity index (χ1n) is 5.71. The highest BCUT2D eigenvalue weighted by molar-refractivity contribution is 8.24. The molecule has 0 amide bonds. The number of hydrogen-bond acceptors (Lipinski definition) is 6. The maximum Gasteiger partial charge on any atom is 0.262 e. The number of sulfone groups is 3. The first kappa shape index (κ1) is 15.5. The zero-order valence-corrected chi connectivity index (χ0v) is 13.1. The Morgan fingerprint density at radius 1 is 0.950 bits per heavy atom. The summed E-state index contributed by atoms with van der Waals surface area (Å²) in [5.41, 5.74) is 0.576. The van der Waals surface area contributed by atoms with Gasteiger partial charge in [-0.3, -0.25) is 0 Å². The largest absolute Gasteiger partial charge is 0.262 e. The Balaban J connectivity index is 2.53. The molecule has 20 heavy (non-hydrogen) atoms. The first-order chi connectivity index (χ1) is 9.04. The van der Waals surface area contributed by atoms with Gasteiger partial charge in [0.05, 0.1) is 11.5 Å². The Morgan fingerprint density at radius 3 is 1.80 bits per heavy atom. The van der Waals surface area contributed by atoms with Crippen LogP contribution >= 0.6 is 0 Å². The van der Waals surface area contributed by atoms with Crippen molar-refractivity contribution in [3.8, 4) is 0 Å². The number of hydrogen-bond donors (Lipinski definition) is 0. The van der Waals surface area contributed by atoms with E-state index in [1.807, 2.05) is 0 Å². The van der Waals surface area contributed by atoms with Crippen LogP contribution in [0.1, 0.15) is 11.5 Å². The van der Waals surface area contributed by atoms with Gasteiger partial charge in [-0.05, 0) is 5.56 Å². The molecule has 6 nitrogen and oxygen atoms in total. The van der Waals surface area contributed by atoms with Gasteiger partial charge in [0.2, 0.25) is 0 Å². The average molecular weight is 338 g/mol. The van der Waals surface area contributed by atoms with Crippen molar-refractivity contribution in [3.63, 3.8) is 0 Å². The SMILES string of the molecule is CS(=O)(=O)C1S(=O)(=O)CC(c2ccccc2)CS1(=O)=O. The van der Waals surface area contributed by atoms with Crippen molar-refractivity contribution in [3.05, 3.63) is 35.9 Å². The van der Waals surface area contributed by atoms with Crippen molar-refractivity contribution < 1.29 is 25.3 Å². The van der Waals surface area contributed by atoms with Crippen LogP contribution in [-0.4, -0.2) is 46.9 Å². The van der Waals surface area contributed by atoms with Gasteiger partial charge in [-0.25, -0.2) is 25.3 Å². The summed E-state index contributed by atoms with van der Waals surface area (Å²) in [6.45, 7) is 0. The van der Waals surface area contributed by atoms with E-state index in [9.17, 15) is 25.3 Å². The predicted octanol–water partition coefficient (Wildman–Crippen LogP) is -0.0584. The van der Waals surface area contributed by atoms with Crippen LogP contribution in [0, 0.1) is 0 Å². The summed E-state index contributed by atoms with van der Waals surface area (Å²) in [6, 6.07) is 8.36. The van der Waals surface area contributed by atoms with E-state index in [0.29, 0.717) is 11.8 Å². The second-order valence-corrected chi connectivity index (χ2v) is 12.2. The molecule has 1 aromatic carbocycles. The third-order valence-electron chi connectivity index (χ3n) is 3.07. The Kier molecular flexibility index (Phi) is 3.72. The highest BCUT2D eigenvalue weighted by Crippen LogP contribution is 2.32. The van der Waals surface area contributed by atoms with Gasteiger partial charge in [-0.2, -0.15) is 0 Å². The minimum absolute atomic E-state index is 0.478. The van der Waals surface area contributed by atoms with Crippen molar-refractivity contribution in [2.24, 2.45) is 0 Å². The molecule has 0 atom stereocenters. The minimum Gasteiger partial charge on any atom is -0.227 e. The van der Waals surface area contributed by atoms with Crippen LogP contribution in [0.4, 0.5) is 0 Å². The normalized spacial score (nSPS) is 28.9. The summed E-state index contributed by atoms with van der Waals surface area (Å²) in [5.74, 6) is -1.69. The van der Waals surface area contributed by atoms with Crippen LogP contribution in [0.15, 0.2) is 30.3 Å². The molecule has 0 spiro atoms. The molecular formula is C11H14O6S3. The van der Waals surface area contributed by atoms with Crippen molar-refractivity contribution in [2.75, 3.05) is 17.8 Å². The lowest BCUT2D eigenvalue weighted by Gasteiger charge is -2.27. The van der Waals surface area contributed by atoms with E-state index in [-0.39, 0.29) is 0 Å². The highest BCUT2D eigenvalue weighted by Gasteiger charge is 2.51. The van der Waals surface area contributed by atoms with Crippen molar-refractivity contribution in [2.45, 2.75) is 9.83 Å². The van der Waals surface area contributed by atoms with Gasteiger partial charge >= 0.3 is 0 Å². The van der Waals surface area contributed by atoms with E-state index >= 15 is 0 Å². The van der Waals surface area contributed by atoms with Crippen molar-refractivity contribution >= 4 is 29.5 Å². The molecule has 112 valence electrons. The van der Waals surface area contributed by atoms with Gasteiger partial charge in [0.25, 0.3) is 3.91 Å². The first-order valence-corrected chi connectivity index (χ1v) is 11.1. The maximum atomic E-state index is 12.1. The van der Waals surface area contributed by atoms with Crippen LogP contribution < -0.4 is 0 Å². The van der Waals surface area contributed by atoms with Gasteiger partial charge in [0.15, 0.2) is 29.5 Å². The van der Waals surface area contributed by atoms with Gasteiger partial charge in [-0.15, -0.1) is 0 Å². The topological polar surface area (TPSA) is 102 Å². The fourth-order valence-electron chi connectivity index (χ4n) is 2.44. The molecule has 1 aromatic rings. The molecule has 0 bridgehead atoms. The molecule has 2 rings (SSSR count). The Bertz CT molecular complexity index is 770. The summed E-state index contributed by atoms with van der Waals surface area (Å²) in [5, 5.41) is 0. The molecule has 0 saturated carbocycles. The summed E-state index contributed by atoms with van der Waals surface area (Å²) in [4.78, 5) is 0. The second kappa shape index (κ2) is 4.81. The lowest BCUT2D eigenvalue weighted by atomic mass is 10.0. The molecule has 0 unspecified atom stereocenters. The Labute approximate surface area is 118 Å². The number of benzene rings is 1. The molecule has 1 saturated heterocycles. The molecular weight excluding hydrogens is 324 g/mol. The van der Waals surface area contributed by atoms with Crippen LogP contribution in [0.3, 0.4) is 0 Å². The van der Waals surface area contributed by atoms with Crippen LogP contribution in [0.5, 0.6) is 0 Å². The molecule has 1 heterocycles. The maximum absolute atomic E-state index is 12.1. The fraction of sp³-hybridized carbons (Fsp3) is 0.455. The van der Waals surface area contributed by atoms with Gasteiger partial charge in [0, 0.05) is 12.2 Å². The van der Waals surface area contributed by atoms with E-state index in [1.165, 1.54) is 0 Å². The average Bonchev–Trinajstić information content (AvgIpc) is 2.24. The van der Waals surface area contributed by atoms with Crippen LogP contribution in [0.2, 0.25) is 0 Å². The van der Waals surface area contributed by atoms with Crippen molar-refractivity contribution in [1.29, 1.82) is 0 Å². The zero-order chi connectivity index (χ0) is 15.2. The van der Waals surface area contributed by atoms with Crippen molar-refractivity contribution in [1.82, 2.24) is 0 Å². The fourth-order valence-corrected chi connectivity index (χ4v) is 11.6. The van der Waals surface area contributed by atoms with Gasteiger partial charge in [-0.1, -0.05) is 30.3 Å². The standard InChI is InChI=1S/C11H14O6S3/c1-18(12,13)11-19(14,15)7-10(8-20(11,16)17)9-5-3-2-4-6-9/h2-6,10-11H,7-8H2,1H3. The molecule has 0 radical (unpaired) electrons. The molecule has 0 aromatic heterocycles. The lowest BCUT2D eigenvalue weighted by Crippen LogP contribution is -2.47. The Hall–Kier alpha value is -0.930. The van der Waals surface area contributed by atoms with Crippen LogP contribution in [0.25, 0.3) is 0 Å². The second-order valence-electron chi connectivity index (χ2n) is 4.88. The Morgan fingerprint density at radius 2 is 1.40 bits per heavy atom. The summed E-state index contributed by atoms with van der Waals surface area (Å²) >= 11 is 0. The lowest BCUT2D eigenvalue weighted by molar-refractivity contribution is 0.561. The zero-order valence-electron chi connectivity index (χ0n) is 10.6. The van der Waals surface area contributed by atoms with Gasteiger partial charge in [0.1, 0.15) is 0 Å². The van der Waals surface area contributed by atoms with E-state index in [0.717, 1.165) is 0 Å². The van der Waals surface area contributed by atoms with Crippen LogP contribution in [-0.2, 0) is 29.5 Å².